The Morgan fingerprint density at radius 1 is 1.18 bits per heavy atom. The van der Waals surface area contributed by atoms with Crippen molar-refractivity contribution in [1.29, 1.82) is 0 Å². The first-order valence-electron chi connectivity index (χ1n) is 11.8. The maximum absolute atomic E-state index is 6.34. The minimum Gasteiger partial charge on any atom is -0.490 e. The Balaban J connectivity index is 0.00000385. The minimum absolute atomic E-state index is 0. The Bertz CT molecular complexity index is 906. The van der Waals surface area contributed by atoms with Gasteiger partial charge in [-0.15, -0.1) is 24.0 Å². The highest BCUT2D eigenvalue weighted by Crippen LogP contribution is 2.28. The fraction of sp³-hybridized carbons (Fsp3) is 0.600. The van der Waals surface area contributed by atoms with Gasteiger partial charge in [-0.25, -0.2) is 4.99 Å². The van der Waals surface area contributed by atoms with Gasteiger partial charge in [0, 0.05) is 37.0 Å². The summed E-state index contributed by atoms with van der Waals surface area (Å²) in [7, 11) is 1.71. The molecule has 33 heavy (non-hydrogen) atoms. The van der Waals surface area contributed by atoms with Gasteiger partial charge in [-0.05, 0) is 65.0 Å². The van der Waals surface area contributed by atoms with Crippen LogP contribution in [-0.4, -0.2) is 42.1 Å². The van der Waals surface area contributed by atoms with Crippen molar-refractivity contribution in [3.05, 3.63) is 46.3 Å². The number of nitrogens with zero attached hydrogens (tertiary/aromatic N) is 3. The number of guanidine groups is 1. The number of methoxy groups -OCH3 is 1. The molecule has 3 rings (SSSR count). The number of aryl methyl sites for hydroxylation is 2. The highest BCUT2D eigenvalue weighted by Gasteiger charge is 2.18. The zero-order valence-corrected chi connectivity index (χ0v) is 23.1. The average molecular weight is 570 g/mol. The van der Waals surface area contributed by atoms with Crippen LogP contribution in [-0.2, 0) is 24.4 Å². The van der Waals surface area contributed by atoms with E-state index in [0.717, 1.165) is 54.6 Å². The highest BCUT2D eigenvalue weighted by molar-refractivity contribution is 14.0. The van der Waals surface area contributed by atoms with Gasteiger partial charge in [0.1, 0.15) is 5.75 Å². The molecule has 1 heterocycles. The lowest BCUT2D eigenvalue weighted by atomic mass is 10.1. The van der Waals surface area contributed by atoms with E-state index in [2.05, 4.69) is 61.6 Å². The van der Waals surface area contributed by atoms with Gasteiger partial charge in [0.15, 0.2) is 5.96 Å². The number of nitrogens with one attached hydrogen (secondary N) is 2. The molecular formula is C25H40IN5O2. The maximum Gasteiger partial charge on any atom is 0.191 e. The first kappa shape index (κ1) is 27.4. The molecular weight excluding hydrogens is 529 g/mol. The van der Waals surface area contributed by atoms with E-state index >= 15 is 0 Å². The van der Waals surface area contributed by atoms with E-state index in [-0.39, 0.29) is 24.0 Å². The van der Waals surface area contributed by atoms with Crippen LogP contribution in [0.3, 0.4) is 0 Å². The fourth-order valence-corrected chi connectivity index (χ4v) is 4.15. The van der Waals surface area contributed by atoms with E-state index in [1.54, 1.807) is 7.11 Å². The number of aliphatic imine (C=N–C) groups is 1. The summed E-state index contributed by atoms with van der Waals surface area (Å²) in [6, 6.07) is 6.42. The van der Waals surface area contributed by atoms with Crippen LogP contribution in [0.2, 0.25) is 0 Å². The van der Waals surface area contributed by atoms with Crippen molar-refractivity contribution in [3.8, 4) is 5.75 Å². The number of rotatable bonds is 10. The van der Waals surface area contributed by atoms with Crippen molar-refractivity contribution in [2.75, 3.05) is 20.3 Å². The molecule has 0 bridgehead atoms. The van der Waals surface area contributed by atoms with Gasteiger partial charge in [0.2, 0.25) is 0 Å². The molecule has 1 aliphatic rings. The molecule has 8 heteroatoms. The number of hydrogen-bond donors (Lipinski definition) is 2. The lowest BCUT2D eigenvalue weighted by Crippen LogP contribution is -2.37. The highest BCUT2D eigenvalue weighted by atomic mass is 127. The van der Waals surface area contributed by atoms with E-state index in [4.69, 9.17) is 14.5 Å². The van der Waals surface area contributed by atoms with Crippen LogP contribution in [0.15, 0.2) is 23.2 Å². The van der Waals surface area contributed by atoms with Crippen LogP contribution in [0.1, 0.15) is 60.7 Å². The summed E-state index contributed by atoms with van der Waals surface area (Å²) in [6.45, 7) is 11.8. The molecule has 184 valence electrons. The van der Waals surface area contributed by atoms with Crippen molar-refractivity contribution in [3.63, 3.8) is 0 Å². The summed E-state index contributed by atoms with van der Waals surface area (Å²) in [4.78, 5) is 4.85. The summed E-state index contributed by atoms with van der Waals surface area (Å²) in [6.07, 6.45) is 5.17. The topological polar surface area (TPSA) is 72.7 Å². The van der Waals surface area contributed by atoms with Crippen LogP contribution in [0.5, 0.6) is 5.75 Å². The molecule has 0 spiro atoms. The molecule has 7 nitrogen and oxygen atoms in total. The number of halogens is 1. The quantitative estimate of drug-likeness (QED) is 0.248. The molecule has 1 saturated carbocycles. The molecule has 1 aromatic carbocycles. The van der Waals surface area contributed by atoms with Crippen molar-refractivity contribution in [1.82, 2.24) is 20.4 Å². The van der Waals surface area contributed by atoms with E-state index in [1.165, 1.54) is 24.0 Å². The lowest BCUT2D eigenvalue weighted by Gasteiger charge is -2.17. The molecule has 2 N–H and O–H groups in total. The third kappa shape index (κ3) is 7.88. The smallest absolute Gasteiger partial charge is 0.191 e. The van der Waals surface area contributed by atoms with Gasteiger partial charge in [0.05, 0.1) is 31.5 Å². The number of benzene rings is 1. The number of hydrogen-bond acceptors (Lipinski definition) is 4. The minimum atomic E-state index is 0. The summed E-state index contributed by atoms with van der Waals surface area (Å²) >= 11 is 0. The van der Waals surface area contributed by atoms with Crippen molar-refractivity contribution in [2.24, 2.45) is 4.99 Å². The van der Waals surface area contributed by atoms with Crippen LogP contribution in [0.4, 0.5) is 0 Å². The van der Waals surface area contributed by atoms with Crippen LogP contribution in [0, 0.1) is 20.8 Å². The summed E-state index contributed by atoms with van der Waals surface area (Å²) in [5.74, 6) is 1.77. The lowest BCUT2D eigenvalue weighted by molar-refractivity contribution is 0.182. The van der Waals surface area contributed by atoms with E-state index in [1.807, 2.05) is 4.68 Å². The second-order valence-corrected chi connectivity index (χ2v) is 8.55. The van der Waals surface area contributed by atoms with Gasteiger partial charge in [-0.1, -0.05) is 12.1 Å². The molecule has 1 aromatic heterocycles. The first-order valence-corrected chi connectivity index (χ1v) is 11.8. The fourth-order valence-electron chi connectivity index (χ4n) is 4.15. The molecule has 1 aliphatic carbocycles. The summed E-state index contributed by atoms with van der Waals surface area (Å²) < 4.78 is 13.6. The molecule has 0 radical (unpaired) electrons. The van der Waals surface area contributed by atoms with Crippen LogP contribution >= 0.6 is 24.0 Å². The third-order valence-corrected chi connectivity index (χ3v) is 6.04. The molecule has 1 fully saturated rings. The molecule has 0 amide bonds. The van der Waals surface area contributed by atoms with Crippen molar-refractivity contribution in [2.45, 2.75) is 79.1 Å². The van der Waals surface area contributed by atoms with E-state index in [0.29, 0.717) is 25.8 Å². The molecule has 0 aliphatic heterocycles. The van der Waals surface area contributed by atoms with Crippen LogP contribution in [0.25, 0.3) is 0 Å². The average Bonchev–Trinajstić information content (AvgIpc) is 3.37. The molecule has 0 unspecified atom stereocenters. The Morgan fingerprint density at radius 3 is 2.64 bits per heavy atom. The third-order valence-electron chi connectivity index (χ3n) is 6.04. The monoisotopic (exact) mass is 569 g/mol. The summed E-state index contributed by atoms with van der Waals surface area (Å²) in [5, 5.41) is 11.5. The second-order valence-electron chi connectivity index (χ2n) is 8.55. The van der Waals surface area contributed by atoms with Gasteiger partial charge in [-0.2, -0.15) is 5.10 Å². The van der Waals surface area contributed by atoms with Crippen LogP contribution < -0.4 is 15.4 Å². The molecule has 2 aromatic rings. The Hall–Kier alpha value is -1.81. The number of aromatic nitrogens is 2. The van der Waals surface area contributed by atoms with Crippen molar-refractivity contribution < 1.29 is 9.47 Å². The van der Waals surface area contributed by atoms with Gasteiger partial charge in [0.25, 0.3) is 0 Å². The predicted molar refractivity (Wildman–Crippen MR) is 145 cm³/mol. The summed E-state index contributed by atoms with van der Waals surface area (Å²) in [5.41, 5.74) is 5.74. The zero-order chi connectivity index (χ0) is 22.9. The van der Waals surface area contributed by atoms with Gasteiger partial charge >= 0.3 is 0 Å². The zero-order valence-electron chi connectivity index (χ0n) is 20.7. The van der Waals surface area contributed by atoms with Gasteiger partial charge in [-0.3, -0.25) is 4.68 Å². The Kier molecular flexibility index (Phi) is 11.5. The first-order chi connectivity index (χ1) is 15.5. The Morgan fingerprint density at radius 2 is 1.94 bits per heavy atom. The van der Waals surface area contributed by atoms with Gasteiger partial charge < -0.3 is 20.1 Å². The standard InChI is InChI=1S/C25H39N5O2.HI/c1-6-26-25(28-17-23-19(3)29-30(20(23)4)13-14-31-5)27-16-21-12-11-18(2)15-24(21)32-22-9-7-8-10-22;/h11-12,15,22H,6-10,13-14,16-17H2,1-5H3,(H2,26,27,28);1H. The van der Waals surface area contributed by atoms with Crippen molar-refractivity contribution >= 4 is 29.9 Å². The van der Waals surface area contributed by atoms with E-state index < -0.39 is 0 Å². The largest absolute Gasteiger partial charge is 0.490 e. The van der Waals surface area contributed by atoms with E-state index in [9.17, 15) is 0 Å². The SMILES string of the molecule is CCNC(=NCc1ccc(C)cc1OC1CCCC1)NCc1c(C)nn(CCOC)c1C.I. The normalized spacial score (nSPS) is 14.3. The maximum atomic E-state index is 6.34. The predicted octanol–water partition coefficient (Wildman–Crippen LogP) is 4.65. The second kappa shape index (κ2) is 13.8. The molecule has 0 atom stereocenters. The Labute approximate surface area is 215 Å². The molecule has 0 saturated heterocycles. The number of ether oxygens (including phenoxy) is 2.